The van der Waals surface area contributed by atoms with Crippen molar-refractivity contribution < 1.29 is 22.7 Å². The van der Waals surface area contributed by atoms with Crippen LogP contribution in [0.25, 0.3) is 20.9 Å². The van der Waals surface area contributed by atoms with E-state index in [0.717, 1.165) is 20.3 Å². The fraction of sp³-hybridized carbons (Fsp3) is 0.321. The first-order valence-corrected chi connectivity index (χ1v) is 15.0. The number of piperidine rings is 1. The van der Waals surface area contributed by atoms with Gasteiger partial charge in [-0.05, 0) is 66.9 Å². The molecule has 0 spiro atoms. The predicted octanol–water partition coefficient (Wildman–Crippen LogP) is 3.76. The minimum atomic E-state index is -4.06. The van der Waals surface area contributed by atoms with Crippen molar-refractivity contribution in [2.24, 2.45) is 5.92 Å². The highest BCUT2D eigenvalue weighted by atomic mass is 32.2. The fourth-order valence-electron chi connectivity index (χ4n) is 5.00. The molecular weight excluding hydrogens is 536 g/mol. The molecule has 4 aromatic rings. The molecule has 3 N–H and O–H groups in total. The van der Waals surface area contributed by atoms with E-state index in [0.29, 0.717) is 42.9 Å². The second kappa shape index (κ2) is 10.9. The van der Waals surface area contributed by atoms with Crippen molar-refractivity contribution in [3.63, 3.8) is 0 Å². The third kappa shape index (κ3) is 5.75. The van der Waals surface area contributed by atoms with Gasteiger partial charge < -0.3 is 15.4 Å². The zero-order chi connectivity index (χ0) is 27.7. The van der Waals surface area contributed by atoms with Gasteiger partial charge in [0, 0.05) is 46.6 Å². The maximum atomic E-state index is 13.7. The van der Waals surface area contributed by atoms with Crippen LogP contribution in [0.5, 0.6) is 5.75 Å². The topological polar surface area (TPSA) is 132 Å². The molecule has 1 atom stereocenters. The van der Waals surface area contributed by atoms with Crippen LogP contribution in [0.4, 0.5) is 5.82 Å². The number of Topliss-reactive ketones (excluding diaryl/α,β-unsaturated/α-hetero) is 1. The molecule has 2 aromatic carbocycles. The van der Waals surface area contributed by atoms with Gasteiger partial charge >= 0.3 is 0 Å². The van der Waals surface area contributed by atoms with Crippen molar-refractivity contribution in [1.29, 1.82) is 0 Å². The maximum Gasteiger partial charge on any atom is 0.241 e. The molecule has 39 heavy (non-hydrogen) atoms. The summed E-state index contributed by atoms with van der Waals surface area (Å²) in [7, 11) is -2.51. The number of amides is 1. The van der Waals surface area contributed by atoms with Crippen molar-refractivity contribution in [1.82, 2.24) is 14.6 Å². The van der Waals surface area contributed by atoms with Gasteiger partial charge in [0.1, 0.15) is 23.4 Å². The number of nitrogens with two attached hydrogens (primary N) is 1. The summed E-state index contributed by atoms with van der Waals surface area (Å²) < 4.78 is 36.1. The molecule has 3 heterocycles. The number of carbonyl (C=O) groups is 2. The van der Waals surface area contributed by atoms with Gasteiger partial charge in [0.2, 0.25) is 15.9 Å². The van der Waals surface area contributed by atoms with Crippen LogP contribution in [0.3, 0.4) is 0 Å². The van der Waals surface area contributed by atoms with E-state index >= 15 is 0 Å². The van der Waals surface area contributed by atoms with Gasteiger partial charge in [-0.2, -0.15) is 4.72 Å². The Bertz CT molecular complexity index is 1660. The van der Waals surface area contributed by atoms with Crippen LogP contribution in [-0.2, 0) is 26.0 Å². The highest BCUT2D eigenvalue weighted by Crippen LogP contribution is 2.30. The highest BCUT2D eigenvalue weighted by Gasteiger charge is 2.33. The van der Waals surface area contributed by atoms with Gasteiger partial charge in [-0.25, -0.2) is 13.4 Å². The largest absolute Gasteiger partial charge is 0.497 e. The first kappa shape index (κ1) is 27.0. The molecule has 11 heteroatoms. The lowest BCUT2D eigenvalue weighted by Crippen LogP contribution is -2.51. The van der Waals surface area contributed by atoms with Crippen LogP contribution < -0.4 is 15.2 Å². The second-order valence-corrected chi connectivity index (χ2v) is 12.7. The molecule has 0 aliphatic carbocycles. The van der Waals surface area contributed by atoms with Crippen LogP contribution in [-0.4, -0.2) is 56.2 Å². The van der Waals surface area contributed by atoms with E-state index in [1.54, 1.807) is 43.3 Å². The molecule has 2 aromatic heterocycles. The number of carbonyl (C=O) groups excluding carboxylic acids is 2. The number of hydrogen-bond donors (Lipinski definition) is 2. The molecule has 1 saturated heterocycles. The standard InChI is InChI=1S/C28H30N4O5S2/c1-17(33)18-8-11-32(12-9-18)28(34)25(16-22-15-24-26(38-22)7-10-30-27(24)29)31-39(35,36)23-6-4-19-3-5-21(37-2)13-20(19)14-23/h3-7,10,13-15,18,25,31H,8-9,11-12,16H2,1-2H3,(H2,29,30)/t25-/m0/s1. The normalized spacial score (nSPS) is 15.5. The molecule has 0 unspecified atom stereocenters. The molecule has 9 nitrogen and oxygen atoms in total. The van der Waals surface area contributed by atoms with Crippen LogP contribution in [0.1, 0.15) is 24.6 Å². The molecule has 1 fully saturated rings. The first-order valence-electron chi connectivity index (χ1n) is 12.7. The van der Waals surface area contributed by atoms with Crippen LogP contribution in [0.15, 0.2) is 59.6 Å². The number of ether oxygens (including phenoxy) is 1. The number of anilines is 1. The third-order valence-corrected chi connectivity index (χ3v) is 9.83. The number of ketones is 1. The highest BCUT2D eigenvalue weighted by molar-refractivity contribution is 7.89. The molecule has 5 rings (SSSR count). The average molecular weight is 567 g/mol. The Hall–Kier alpha value is -3.54. The molecule has 0 bridgehead atoms. The number of likely N-dealkylation sites (tertiary alicyclic amines) is 1. The number of rotatable bonds is 8. The Balaban J connectivity index is 1.45. The fourth-order valence-corrected chi connectivity index (χ4v) is 7.33. The van der Waals surface area contributed by atoms with Crippen molar-refractivity contribution in [2.45, 2.75) is 37.1 Å². The number of fused-ring (bicyclic) bond motifs is 2. The van der Waals surface area contributed by atoms with Gasteiger partial charge in [-0.15, -0.1) is 11.3 Å². The Labute approximate surface area is 231 Å². The number of hydrogen-bond acceptors (Lipinski definition) is 8. The third-order valence-electron chi connectivity index (χ3n) is 7.24. The van der Waals surface area contributed by atoms with Crippen LogP contribution in [0, 0.1) is 5.92 Å². The Kier molecular flexibility index (Phi) is 7.57. The van der Waals surface area contributed by atoms with Crippen LogP contribution >= 0.6 is 11.3 Å². The van der Waals surface area contributed by atoms with Crippen LogP contribution in [0.2, 0.25) is 0 Å². The van der Waals surface area contributed by atoms with E-state index < -0.39 is 16.1 Å². The predicted molar refractivity (Wildman–Crippen MR) is 152 cm³/mol. The second-order valence-electron chi connectivity index (χ2n) is 9.78. The summed E-state index contributed by atoms with van der Waals surface area (Å²) in [6, 6.07) is 12.9. The average Bonchev–Trinajstić information content (AvgIpc) is 3.35. The number of pyridine rings is 1. The van der Waals surface area contributed by atoms with Crippen molar-refractivity contribution in [3.8, 4) is 5.75 Å². The SMILES string of the molecule is COc1ccc2ccc(S(=O)(=O)N[C@@H](Cc3cc4c(N)nccc4s3)C(=O)N3CCC(C(C)=O)CC3)cc2c1. The molecule has 0 radical (unpaired) electrons. The summed E-state index contributed by atoms with van der Waals surface area (Å²) in [5.74, 6) is 0.731. The number of thiophene rings is 1. The number of aromatic nitrogens is 1. The molecule has 204 valence electrons. The van der Waals surface area contributed by atoms with Crippen molar-refractivity contribution >= 4 is 59.7 Å². The Morgan fingerprint density at radius 3 is 2.56 bits per heavy atom. The molecule has 1 amide bonds. The lowest BCUT2D eigenvalue weighted by Gasteiger charge is -2.33. The number of benzene rings is 2. The maximum absolute atomic E-state index is 13.7. The summed E-state index contributed by atoms with van der Waals surface area (Å²) in [6.45, 7) is 2.38. The number of nitrogens with one attached hydrogen (secondary N) is 1. The van der Waals surface area contributed by atoms with E-state index in [1.165, 1.54) is 17.4 Å². The van der Waals surface area contributed by atoms with Crippen molar-refractivity contribution in [3.05, 3.63) is 59.6 Å². The van der Waals surface area contributed by atoms with E-state index in [2.05, 4.69) is 9.71 Å². The number of sulfonamides is 1. The minimum Gasteiger partial charge on any atom is -0.497 e. The van der Waals surface area contributed by atoms with Gasteiger partial charge in [-0.1, -0.05) is 12.1 Å². The Morgan fingerprint density at radius 2 is 1.87 bits per heavy atom. The smallest absolute Gasteiger partial charge is 0.241 e. The van der Waals surface area contributed by atoms with E-state index in [1.807, 2.05) is 24.3 Å². The summed E-state index contributed by atoms with van der Waals surface area (Å²) in [4.78, 5) is 32.2. The van der Waals surface area contributed by atoms with E-state index in [4.69, 9.17) is 10.5 Å². The lowest BCUT2D eigenvalue weighted by atomic mass is 9.93. The van der Waals surface area contributed by atoms with Gasteiger partial charge in [0.25, 0.3) is 0 Å². The van der Waals surface area contributed by atoms with E-state index in [9.17, 15) is 18.0 Å². The molecule has 1 aliphatic rings. The first-order chi connectivity index (χ1) is 18.6. The number of nitrogen functional groups attached to an aromatic ring is 1. The van der Waals surface area contributed by atoms with Gasteiger partial charge in [0.05, 0.1) is 12.0 Å². The zero-order valence-corrected chi connectivity index (χ0v) is 23.3. The Morgan fingerprint density at radius 1 is 1.13 bits per heavy atom. The molecule has 1 aliphatic heterocycles. The minimum absolute atomic E-state index is 0.0566. The monoisotopic (exact) mass is 566 g/mol. The molecule has 0 saturated carbocycles. The lowest BCUT2D eigenvalue weighted by molar-refractivity contribution is -0.136. The van der Waals surface area contributed by atoms with Gasteiger partial charge in [-0.3, -0.25) is 9.59 Å². The number of nitrogens with zero attached hydrogens (tertiary/aromatic N) is 2. The quantitative estimate of drug-likeness (QED) is 0.332. The zero-order valence-electron chi connectivity index (χ0n) is 21.7. The van der Waals surface area contributed by atoms with Gasteiger partial charge in [0.15, 0.2) is 0 Å². The summed E-state index contributed by atoms with van der Waals surface area (Å²) in [5, 5.41) is 2.35. The van der Waals surface area contributed by atoms with Crippen molar-refractivity contribution in [2.75, 3.05) is 25.9 Å². The summed E-state index contributed by atoms with van der Waals surface area (Å²) >= 11 is 1.45. The number of methoxy groups -OCH3 is 1. The summed E-state index contributed by atoms with van der Waals surface area (Å²) in [6.07, 6.45) is 2.92. The molecular formula is C28H30N4O5S2. The summed E-state index contributed by atoms with van der Waals surface area (Å²) in [5.41, 5.74) is 6.03. The van der Waals surface area contributed by atoms with E-state index in [-0.39, 0.29) is 28.9 Å².